The zero-order chi connectivity index (χ0) is 16.8. The third kappa shape index (κ3) is 6.65. The molecule has 0 aromatic rings. The molecule has 0 aromatic carbocycles. The molecular formula is C17H31N3O2. The Labute approximate surface area is 134 Å². The van der Waals surface area contributed by atoms with Crippen LogP contribution >= 0.6 is 0 Å². The molecule has 0 aromatic heterocycles. The summed E-state index contributed by atoms with van der Waals surface area (Å²) in [6.45, 7) is 11.3. The van der Waals surface area contributed by atoms with E-state index in [1.807, 2.05) is 20.8 Å². The van der Waals surface area contributed by atoms with Gasteiger partial charge >= 0.3 is 6.09 Å². The van der Waals surface area contributed by atoms with Gasteiger partial charge in [-0.25, -0.2) is 4.79 Å². The smallest absolute Gasteiger partial charge is 0.407 e. The van der Waals surface area contributed by atoms with E-state index >= 15 is 0 Å². The summed E-state index contributed by atoms with van der Waals surface area (Å²) in [5.74, 6) is 0.906. The Bertz CT molecular complexity index is 396. The Hall–Kier alpha value is -1.28. The second-order valence-corrected chi connectivity index (χ2v) is 7.57. The number of carbonyl (C=O) groups is 1. The van der Waals surface area contributed by atoms with Crippen molar-refractivity contribution in [1.82, 2.24) is 10.6 Å². The van der Waals surface area contributed by atoms with E-state index in [1.165, 1.54) is 0 Å². The Morgan fingerprint density at radius 1 is 1.32 bits per heavy atom. The Morgan fingerprint density at radius 2 is 2.00 bits per heavy atom. The van der Waals surface area contributed by atoms with Crippen LogP contribution in [0.15, 0.2) is 0 Å². The average Bonchev–Trinajstić information content (AvgIpc) is 2.83. The van der Waals surface area contributed by atoms with Gasteiger partial charge in [-0.2, -0.15) is 5.26 Å². The second kappa shape index (κ2) is 8.38. The van der Waals surface area contributed by atoms with Gasteiger partial charge in [0.2, 0.25) is 0 Å². The molecule has 3 unspecified atom stereocenters. The van der Waals surface area contributed by atoms with Crippen LogP contribution in [0.2, 0.25) is 0 Å². The quantitative estimate of drug-likeness (QED) is 0.791. The first-order valence-electron chi connectivity index (χ1n) is 8.32. The number of ether oxygens (including phenoxy) is 1. The van der Waals surface area contributed by atoms with Crippen molar-refractivity contribution < 1.29 is 9.53 Å². The lowest BCUT2D eigenvalue weighted by molar-refractivity contribution is 0.0514. The third-order valence-corrected chi connectivity index (χ3v) is 4.17. The number of hydrogen-bond donors (Lipinski definition) is 2. The first-order valence-corrected chi connectivity index (χ1v) is 8.32. The summed E-state index contributed by atoms with van der Waals surface area (Å²) >= 11 is 0. The van der Waals surface area contributed by atoms with E-state index in [0.29, 0.717) is 24.4 Å². The highest BCUT2D eigenvalue weighted by atomic mass is 16.6. The molecule has 0 bridgehead atoms. The van der Waals surface area contributed by atoms with Gasteiger partial charge in [-0.05, 0) is 45.4 Å². The molecule has 1 saturated carbocycles. The van der Waals surface area contributed by atoms with E-state index in [9.17, 15) is 4.79 Å². The van der Waals surface area contributed by atoms with Crippen molar-refractivity contribution >= 4 is 6.09 Å². The summed E-state index contributed by atoms with van der Waals surface area (Å²) in [5, 5.41) is 15.5. The van der Waals surface area contributed by atoms with Crippen molar-refractivity contribution in [2.24, 2.45) is 17.8 Å². The van der Waals surface area contributed by atoms with Crippen molar-refractivity contribution in [1.29, 1.82) is 5.26 Å². The fraction of sp³-hybridized carbons (Fsp3) is 0.882. The van der Waals surface area contributed by atoms with Crippen LogP contribution in [-0.2, 0) is 4.74 Å². The van der Waals surface area contributed by atoms with Crippen LogP contribution in [0.4, 0.5) is 4.79 Å². The molecule has 3 atom stereocenters. The largest absolute Gasteiger partial charge is 0.444 e. The van der Waals surface area contributed by atoms with Crippen LogP contribution in [0.1, 0.15) is 53.9 Å². The average molecular weight is 309 g/mol. The van der Waals surface area contributed by atoms with Gasteiger partial charge in [0.15, 0.2) is 0 Å². The molecule has 1 amide bonds. The van der Waals surface area contributed by atoms with Crippen LogP contribution in [0.25, 0.3) is 0 Å². The highest BCUT2D eigenvalue weighted by molar-refractivity contribution is 5.67. The molecule has 126 valence electrons. The molecule has 5 nitrogen and oxygen atoms in total. The van der Waals surface area contributed by atoms with E-state index in [2.05, 4.69) is 30.6 Å². The normalized spacial score (nSPS) is 23.1. The molecule has 1 aliphatic rings. The minimum atomic E-state index is -0.473. The van der Waals surface area contributed by atoms with Gasteiger partial charge in [-0.15, -0.1) is 0 Å². The van der Waals surface area contributed by atoms with Gasteiger partial charge in [-0.3, -0.25) is 0 Å². The van der Waals surface area contributed by atoms with Crippen molar-refractivity contribution in [2.45, 2.75) is 65.5 Å². The minimum absolute atomic E-state index is 0.131. The van der Waals surface area contributed by atoms with Crippen LogP contribution in [0, 0.1) is 29.1 Å². The van der Waals surface area contributed by atoms with E-state index in [-0.39, 0.29) is 12.0 Å². The number of amides is 1. The highest BCUT2D eigenvalue weighted by Gasteiger charge is 2.28. The first kappa shape index (κ1) is 18.8. The van der Waals surface area contributed by atoms with Crippen molar-refractivity contribution in [2.75, 3.05) is 13.1 Å². The van der Waals surface area contributed by atoms with E-state index < -0.39 is 5.60 Å². The number of hydrogen-bond acceptors (Lipinski definition) is 4. The first-order chi connectivity index (χ1) is 10.2. The highest BCUT2D eigenvalue weighted by Crippen LogP contribution is 2.25. The van der Waals surface area contributed by atoms with Gasteiger partial charge in [0.05, 0.1) is 12.0 Å². The summed E-state index contributed by atoms with van der Waals surface area (Å²) in [5.41, 5.74) is -0.473. The summed E-state index contributed by atoms with van der Waals surface area (Å²) in [6.07, 6.45) is 2.83. The summed E-state index contributed by atoms with van der Waals surface area (Å²) < 4.78 is 5.27. The fourth-order valence-corrected chi connectivity index (χ4v) is 2.73. The van der Waals surface area contributed by atoms with Gasteiger partial charge in [-0.1, -0.05) is 20.3 Å². The van der Waals surface area contributed by atoms with Crippen LogP contribution in [0.3, 0.4) is 0 Å². The Kier molecular flexibility index (Phi) is 7.15. The molecule has 22 heavy (non-hydrogen) atoms. The molecule has 1 fully saturated rings. The van der Waals surface area contributed by atoms with E-state index in [1.54, 1.807) is 0 Å². The second-order valence-electron chi connectivity index (χ2n) is 7.57. The molecule has 2 N–H and O–H groups in total. The van der Waals surface area contributed by atoms with E-state index in [4.69, 9.17) is 10.00 Å². The molecule has 1 aliphatic carbocycles. The maximum Gasteiger partial charge on any atom is 0.407 e. The number of alkyl carbamates (subject to hydrolysis) is 1. The number of rotatable bonds is 6. The molecule has 0 heterocycles. The minimum Gasteiger partial charge on any atom is -0.444 e. The predicted molar refractivity (Wildman–Crippen MR) is 87.3 cm³/mol. The maximum atomic E-state index is 11.7. The van der Waals surface area contributed by atoms with Crippen molar-refractivity contribution in [3.05, 3.63) is 0 Å². The van der Waals surface area contributed by atoms with Crippen LogP contribution in [-0.4, -0.2) is 30.8 Å². The summed E-state index contributed by atoms with van der Waals surface area (Å²) in [4.78, 5) is 11.7. The zero-order valence-corrected chi connectivity index (χ0v) is 14.6. The standard InChI is InChI=1S/C17H31N3O2/c1-12(2)14(11-20-16(21)22-17(3,4)5)10-19-15-8-6-7-13(15)9-18/h12-15,19H,6-8,10-11H2,1-5H3,(H,20,21). The van der Waals surface area contributed by atoms with Crippen molar-refractivity contribution in [3.8, 4) is 6.07 Å². The van der Waals surface area contributed by atoms with Crippen LogP contribution in [0.5, 0.6) is 0 Å². The van der Waals surface area contributed by atoms with Gasteiger partial charge < -0.3 is 15.4 Å². The number of carbonyl (C=O) groups excluding carboxylic acids is 1. The number of nitrogens with one attached hydrogen (secondary N) is 2. The van der Waals surface area contributed by atoms with Crippen molar-refractivity contribution in [3.63, 3.8) is 0 Å². The summed E-state index contributed by atoms with van der Waals surface area (Å²) in [6, 6.07) is 2.69. The molecule has 0 aliphatic heterocycles. The molecule has 1 rings (SSSR count). The SMILES string of the molecule is CC(C)C(CNC(=O)OC(C)(C)C)CNC1CCCC1C#N. The summed E-state index contributed by atoms with van der Waals surface area (Å²) in [7, 11) is 0. The topological polar surface area (TPSA) is 74.2 Å². The molecular weight excluding hydrogens is 278 g/mol. The lowest BCUT2D eigenvalue weighted by atomic mass is 9.94. The predicted octanol–water partition coefficient (Wildman–Crippen LogP) is 3.07. The van der Waals surface area contributed by atoms with Gasteiger partial charge in [0, 0.05) is 19.1 Å². The lowest BCUT2D eigenvalue weighted by Gasteiger charge is -2.26. The van der Waals surface area contributed by atoms with E-state index in [0.717, 1.165) is 25.8 Å². The fourth-order valence-electron chi connectivity index (χ4n) is 2.73. The van der Waals surface area contributed by atoms with Gasteiger partial charge in [0.25, 0.3) is 0 Å². The van der Waals surface area contributed by atoms with Gasteiger partial charge in [0.1, 0.15) is 5.60 Å². The number of nitrogens with zero attached hydrogens (tertiary/aromatic N) is 1. The number of nitriles is 1. The molecule has 5 heteroatoms. The molecule has 0 spiro atoms. The maximum absolute atomic E-state index is 11.7. The monoisotopic (exact) mass is 309 g/mol. The molecule has 0 radical (unpaired) electrons. The molecule has 0 saturated heterocycles. The third-order valence-electron chi connectivity index (χ3n) is 4.17. The Morgan fingerprint density at radius 3 is 2.55 bits per heavy atom. The lowest BCUT2D eigenvalue weighted by Crippen LogP contribution is -2.42. The van der Waals surface area contributed by atoms with Crippen LogP contribution < -0.4 is 10.6 Å². The zero-order valence-electron chi connectivity index (χ0n) is 14.6. The Balaban J connectivity index is 2.39.